The summed E-state index contributed by atoms with van der Waals surface area (Å²) in [4.78, 5) is 35.3. The van der Waals surface area contributed by atoms with E-state index in [1.165, 1.54) is 34.6 Å². The number of carbonyl (C=O) groups is 2. The van der Waals surface area contributed by atoms with E-state index >= 15 is 0 Å². The van der Waals surface area contributed by atoms with Crippen LogP contribution in [0.1, 0.15) is 10.4 Å². The van der Waals surface area contributed by atoms with Crippen LogP contribution >= 0.6 is 0 Å². The summed E-state index contributed by atoms with van der Waals surface area (Å²) in [6.07, 6.45) is 0. The van der Waals surface area contributed by atoms with Crippen LogP contribution in [0.25, 0.3) is 0 Å². The Kier molecular flexibility index (Phi) is 6.63. The van der Waals surface area contributed by atoms with Gasteiger partial charge < -0.3 is 11.1 Å². The molecule has 0 bridgehead atoms. The van der Waals surface area contributed by atoms with Crippen LogP contribution in [0.5, 0.6) is 0 Å². The van der Waals surface area contributed by atoms with Gasteiger partial charge in [0.25, 0.3) is 5.69 Å². The number of primary amides is 1. The third kappa shape index (κ3) is 5.42. The first-order valence-electron chi connectivity index (χ1n) is 9.33. The molecule has 2 aromatic carbocycles. The van der Waals surface area contributed by atoms with Gasteiger partial charge in [-0.15, -0.1) is 0 Å². The largest absolute Gasteiger partial charge is 0.366 e. The molecule has 31 heavy (non-hydrogen) atoms. The molecule has 3 N–H and O–H groups in total. The van der Waals surface area contributed by atoms with Crippen molar-refractivity contribution in [2.75, 3.05) is 38.0 Å². The standard InChI is InChI=1S/C19H21N5O6S/c20-19(26)14-4-6-15(7-5-14)21-18(25)13-22-8-10-23(11-9-22)31(29,30)17-3-1-2-16(12-17)24(27)28/h1-7,12H,8-11,13H2,(H2,20,26)(H,21,25). The number of nitro groups is 1. The Morgan fingerprint density at radius 1 is 1.06 bits per heavy atom. The maximum Gasteiger partial charge on any atom is 0.270 e. The average molecular weight is 447 g/mol. The van der Waals surface area contributed by atoms with E-state index in [-0.39, 0.29) is 36.1 Å². The van der Waals surface area contributed by atoms with Crippen LogP contribution in [0.4, 0.5) is 11.4 Å². The van der Waals surface area contributed by atoms with Crippen molar-refractivity contribution in [3.8, 4) is 0 Å². The third-order valence-corrected chi connectivity index (χ3v) is 6.71. The van der Waals surface area contributed by atoms with Gasteiger partial charge in [0.05, 0.1) is 16.4 Å². The van der Waals surface area contributed by atoms with Gasteiger partial charge in [-0.05, 0) is 30.3 Å². The summed E-state index contributed by atoms with van der Waals surface area (Å²) >= 11 is 0. The number of rotatable bonds is 7. The molecule has 1 aliphatic heterocycles. The Morgan fingerprint density at radius 3 is 2.29 bits per heavy atom. The predicted octanol–water partition coefficient (Wildman–Crippen LogP) is 0.639. The van der Waals surface area contributed by atoms with Crippen molar-refractivity contribution in [3.63, 3.8) is 0 Å². The zero-order valence-electron chi connectivity index (χ0n) is 16.4. The fourth-order valence-corrected chi connectivity index (χ4v) is 4.62. The van der Waals surface area contributed by atoms with Crippen LogP contribution in [-0.2, 0) is 14.8 Å². The molecule has 2 aromatic rings. The smallest absolute Gasteiger partial charge is 0.270 e. The van der Waals surface area contributed by atoms with Gasteiger partial charge >= 0.3 is 0 Å². The van der Waals surface area contributed by atoms with Crippen LogP contribution in [0.15, 0.2) is 53.4 Å². The minimum absolute atomic E-state index is 0.0717. The lowest BCUT2D eigenvalue weighted by Crippen LogP contribution is -2.50. The van der Waals surface area contributed by atoms with Crippen LogP contribution < -0.4 is 11.1 Å². The summed E-state index contributed by atoms with van der Waals surface area (Å²) in [6.45, 7) is 1.06. The Morgan fingerprint density at radius 2 is 1.71 bits per heavy atom. The van der Waals surface area contributed by atoms with E-state index in [2.05, 4.69) is 5.32 Å². The molecule has 0 unspecified atom stereocenters. The second-order valence-electron chi connectivity index (χ2n) is 6.92. The number of non-ortho nitro benzene ring substituents is 1. The van der Waals surface area contributed by atoms with Crippen molar-refractivity contribution in [2.45, 2.75) is 4.90 Å². The maximum absolute atomic E-state index is 12.8. The molecule has 12 heteroatoms. The summed E-state index contributed by atoms with van der Waals surface area (Å²) in [7, 11) is -3.87. The van der Waals surface area contributed by atoms with E-state index < -0.39 is 20.9 Å². The lowest BCUT2D eigenvalue weighted by molar-refractivity contribution is -0.385. The molecule has 1 fully saturated rings. The van der Waals surface area contributed by atoms with Crippen molar-refractivity contribution < 1.29 is 22.9 Å². The SMILES string of the molecule is NC(=O)c1ccc(NC(=O)CN2CCN(S(=O)(=O)c3cccc([N+](=O)[O-])c3)CC2)cc1. The number of hydrogen-bond acceptors (Lipinski definition) is 7. The number of nitrogens with zero attached hydrogens (tertiary/aromatic N) is 3. The highest BCUT2D eigenvalue weighted by molar-refractivity contribution is 7.89. The van der Waals surface area contributed by atoms with Crippen LogP contribution in [0.3, 0.4) is 0 Å². The van der Waals surface area contributed by atoms with Gasteiger partial charge in [0, 0.05) is 49.6 Å². The van der Waals surface area contributed by atoms with E-state index in [0.717, 1.165) is 6.07 Å². The molecule has 0 saturated carbocycles. The number of benzene rings is 2. The number of hydrogen-bond donors (Lipinski definition) is 2. The summed E-state index contributed by atoms with van der Waals surface area (Å²) in [5.41, 5.74) is 5.74. The Bertz CT molecular complexity index is 1100. The van der Waals surface area contributed by atoms with Crippen molar-refractivity contribution in [2.24, 2.45) is 5.73 Å². The number of nitrogens with one attached hydrogen (secondary N) is 1. The molecule has 0 spiro atoms. The molecule has 11 nitrogen and oxygen atoms in total. The van der Waals surface area contributed by atoms with Crippen LogP contribution in [0, 0.1) is 10.1 Å². The molecule has 0 aromatic heterocycles. The molecule has 0 radical (unpaired) electrons. The number of sulfonamides is 1. The monoisotopic (exact) mass is 447 g/mol. The fraction of sp³-hybridized carbons (Fsp3) is 0.263. The lowest BCUT2D eigenvalue weighted by atomic mass is 10.2. The van der Waals surface area contributed by atoms with Gasteiger partial charge in [-0.1, -0.05) is 6.07 Å². The molecule has 2 amide bonds. The summed E-state index contributed by atoms with van der Waals surface area (Å²) in [6, 6.07) is 11.1. The molecular weight excluding hydrogens is 426 g/mol. The quantitative estimate of drug-likeness (QED) is 0.466. The van der Waals surface area contributed by atoms with E-state index in [1.54, 1.807) is 12.1 Å². The first kappa shape index (κ1) is 22.3. The van der Waals surface area contributed by atoms with Gasteiger partial charge in [0.15, 0.2) is 0 Å². The topological polar surface area (TPSA) is 156 Å². The normalized spacial score (nSPS) is 15.4. The van der Waals surface area contributed by atoms with Crippen molar-refractivity contribution in [1.82, 2.24) is 9.21 Å². The van der Waals surface area contributed by atoms with Gasteiger partial charge in [-0.25, -0.2) is 8.42 Å². The number of nitrogens with two attached hydrogens (primary N) is 1. The van der Waals surface area contributed by atoms with Crippen molar-refractivity contribution in [3.05, 3.63) is 64.2 Å². The van der Waals surface area contributed by atoms with Gasteiger partial charge in [-0.2, -0.15) is 4.31 Å². The van der Waals surface area contributed by atoms with Gasteiger partial charge in [0.1, 0.15) is 0 Å². The van der Waals surface area contributed by atoms with E-state index in [0.29, 0.717) is 24.3 Å². The lowest BCUT2D eigenvalue weighted by Gasteiger charge is -2.33. The molecule has 3 rings (SSSR count). The highest BCUT2D eigenvalue weighted by Crippen LogP contribution is 2.22. The van der Waals surface area contributed by atoms with Crippen LogP contribution in [-0.4, -0.2) is 67.1 Å². The minimum atomic E-state index is -3.87. The number of amides is 2. The Hall–Kier alpha value is -3.35. The highest BCUT2D eigenvalue weighted by atomic mass is 32.2. The molecule has 1 heterocycles. The predicted molar refractivity (Wildman–Crippen MR) is 112 cm³/mol. The Balaban J connectivity index is 1.55. The van der Waals surface area contributed by atoms with E-state index in [1.807, 2.05) is 4.90 Å². The summed E-state index contributed by atoms with van der Waals surface area (Å²) in [5, 5.41) is 13.6. The van der Waals surface area contributed by atoms with Crippen LogP contribution in [0.2, 0.25) is 0 Å². The number of carbonyl (C=O) groups excluding carboxylic acids is 2. The molecule has 0 atom stereocenters. The first-order chi connectivity index (χ1) is 14.7. The number of nitro benzene ring substituents is 1. The molecule has 0 aliphatic carbocycles. The zero-order valence-corrected chi connectivity index (χ0v) is 17.2. The second kappa shape index (κ2) is 9.20. The minimum Gasteiger partial charge on any atom is -0.366 e. The molecule has 1 aliphatic rings. The number of piperazine rings is 1. The van der Waals surface area contributed by atoms with Crippen molar-refractivity contribution >= 4 is 33.2 Å². The zero-order chi connectivity index (χ0) is 22.6. The van der Waals surface area contributed by atoms with E-state index in [9.17, 15) is 28.1 Å². The van der Waals surface area contributed by atoms with Gasteiger partial charge in [0.2, 0.25) is 21.8 Å². The average Bonchev–Trinajstić information content (AvgIpc) is 2.74. The Labute approximate surface area is 178 Å². The summed E-state index contributed by atoms with van der Waals surface area (Å²) in [5.74, 6) is -0.836. The molecule has 164 valence electrons. The van der Waals surface area contributed by atoms with E-state index in [4.69, 9.17) is 5.73 Å². The van der Waals surface area contributed by atoms with Gasteiger partial charge in [-0.3, -0.25) is 24.6 Å². The number of anilines is 1. The second-order valence-corrected chi connectivity index (χ2v) is 8.86. The molecule has 1 saturated heterocycles. The maximum atomic E-state index is 12.8. The first-order valence-corrected chi connectivity index (χ1v) is 10.8. The van der Waals surface area contributed by atoms with Crippen molar-refractivity contribution in [1.29, 1.82) is 0 Å². The highest BCUT2D eigenvalue weighted by Gasteiger charge is 2.30. The fourth-order valence-electron chi connectivity index (χ4n) is 3.16. The third-order valence-electron chi connectivity index (χ3n) is 4.82. The molecular formula is C19H21N5O6S. The summed E-state index contributed by atoms with van der Waals surface area (Å²) < 4.78 is 26.8.